The molecule has 1 heterocycles. The Morgan fingerprint density at radius 1 is 1.32 bits per heavy atom. The number of rotatable bonds is 5. The van der Waals surface area contributed by atoms with Crippen molar-refractivity contribution in [2.45, 2.75) is 13.8 Å². The minimum absolute atomic E-state index is 0.255. The maximum atomic E-state index is 11.8. The Labute approximate surface area is 132 Å². The molecule has 0 aliphatic heterocycles. The smallest absolute Gasteiger partial charge is 0.338 e. The van der Waals surface area contributed by atoms with Crippen LogP contribution in [0.15, 0.2) is 35.7 Å². The molecular formula is C16H16N2O3S. The lowest BCUT2D eigenvalue weighted by atomic mass is 10.2. The number of hydrogen-bond donors (Lipinski definition) is 1. The highest BCUT2D eigenvalue weighted by molar-refractivity contribution is 7.09. The molecule has 0 radical (unpaired) electrons. The monoisotopic (exact) mass is 316 g/mol. The van der Waals surface area contributed by atoms with Gasteiger partial charge in [0.1, 0.15) is 0 Å². The van der Waals surface area contributed by atoms with Gasteiger partial charge in [0.25, 0.3) is 0 Å². The predicted molar refractivity (Wildman–Crippen MR) is 86.9 cm³/mol. The fourth-order valence-corrected chi connectivity index (χ4v) is 2.29. The van der Waals surface area contributed by atoms with E-state index in [0.717, 1.165) is 10.7 Å². The molecule has 0 saturated heterocycles. The van der Waals surface area contributed by atoms with Crippen LogP contribution in [-0.2, 0) is 9.53 Å². The first-order valence-corrected chi connectivity index (χ1v) is 7.65. The van der Waals surface area contributed by atoms with Gasteiger partial charge in [-0.05, 0) is 44.2 Å². The fraction of sp³-hybridized carbons (Fsp3) is 0.188. The van der Waals surface area contributed by atoms with Crippen LogP contribution in [0.4, 0.5) is 5.69 Å². The van der Waals surface area contributed by atoms with Crippen molar-refractivity contribution >= 4 is 35.0 Å². The molecule has 0 spiro atoms. The number of nitrogens with zero attached hydrogens (tertiary/aromatic N) is 1. The van der Waals surface area contributed by atoms with E-state index in [1.807, 2.05) is 12.3 Å². The molecule has 0 bridgehead atoms. The average molecular weight is 316 g/mol. The number of hydrogen-bond acceptors (Lipinski definition) is 5. The lowest BCUT2D eigenvalue weighted by Gasteiger charge is -2.04. The first-order valence-electron chi connectivity index (χ1n) is 6.77. The third-order valence-electron chi connectivity index (χ3n) is 2.71. The van der Waals surface area contributed by atoms with E-state index in [1.54, 1.807) is 37.3 Å². The molecule has 114 valence electrons. The zero-order valence-corrected chi connectivity index (χ0v) is 13.1. The third-order valence-corrected chi connectivity index (χ3v) is 3.50. The van der Waals surface area contributed by atoms with Gasteiger partial charge in [0, 0.05) is 17.1 Å². The summed E-state index contributed by atoms with van der Waals surface area (Å²) in [6.45, 7) is 3.99. The van der Waals surface area contributed by atoms with Gasteiger partial charge in [-0.15, -0.1) is 11.3 Å². The first kappa shape index (κ1) is 15.9. The third kappa shape index (κ3) is 4.53. The Bertz CT molecular complexity index is 690. The Hall–Kier alpha value is -2.47. The molecule has 0 fully saturated rings. The summed E-state index contributed by atoms with van der Waals surface area (Å²) in [5.41, 5.74) is 1.82. The molecule has 1 aromatic carbocycles. The van der Waals surface area contributed by atoms with Crippen molar-refractivity contribution in [2.24, 2.45) is 0 Å². The first-order chi connectivity index (χ1) is 10.6. The van der Waals surface area contributed by atoms with E-state index in [-0.39, 0.29) is 11.9 Å². The average Bonchev–Trinajstić information content (AvgIpc) is 2.92. The maximum Gasteiger partial charge on any atom is 0.338 e. The lowest BCUT2D eigenvalue weighted by molar-refractivity contribution is -0.111. The number of anilines is 1. The van der Waals surface area contributed by atoms with Gasteiger partial charge in [-0.25, -0.2) is 9.78 Å². The summed E-state index contributed by atoms with van der Waals surface area (Å²) in [6.07, 6.45) is 3.08. The number of thiazole rings is 1. The number of nitrogens with one attached hydrogen (secondary N) is 1. The van der Waals surface area contributed by atoms with Crippen LogP contribution < -0.4 is 5.32 Å². The van der Waals surface area contributed by atoms with E-state index >= 15 is 0 Å². The van der Waals surface area contributed by atoms with Gasteiger partial charge in [0.15, 0.2) is 0 Å². The van der Waals surface area contributed by atoms with Crippen molar-refractivity contribution in [2.75, 3.05) is 11.9 Å². The van der Waals surface area contributed by atoms with Crippen LogP contribution >= 0.6 is 11.3 Å². The van der Waals surface area contributed by atoms with E-state index < -0.39 is 0 Å². The van der Waals surface area contributed by atoms with Gasteiger partial charge in [-0.1, -0.05) is 0 Å². The van der Waals surface area contributed by atoms with Crippen molar-refractivity contribution < 1.29 is 14.3 Å². The molecule has 0 atom stereocenters. The zero-order valence-electron chi connectivity index (χ0n) is 12.3. The van der Waals surface area contributed by atoms with E-state index in [0.29, 0.717) is 17.9 Å². The largest absolute Gasteiger partial charge is 0.462 e. The summed E-state index contributed by atoms with van der Waals surface area (Å²) in [7, 11) is 0. The molecule has 0 unspecified atom stereocenters. The van der Waals surface area contributed by atoms with Crippen LogP contribution in [0.25, 0.3) is 6.08 Å². The van der Waals surface area contributed by atoms with Gasteiger partial charge in [0.2, 0.25) is 5.91 Å². The number of esters is 1. The van der Waals surface area contributed by atoms with Gasteiger partial charge >= 0.3 is 5.97 Å². The molecule has 22 heavy (non-hydrogen) atoms. The Morgan fingerprint density at radius 2 is 2.05 bits per heavy atom. The molecular weight excluding hydrogens is 300 g/mol. The van der Waals surface area contributed by atoms with Gasteiger partial charge in [0.05, 0.1) is 22.9 Å². The lowest BCUT2D eigenvalue weighted by Crippen LogP contribution is -2.08. The number of benzene rings is 1. The molecule has 6 heteroatoms. The van der Waals surface area contributed by atoms with Gasteiger partial charge in [-0.3, -0.25) is 4.79 Å². The van der Waals surface area contributed by atoms with E-state index in [1.165, 1.54) is 17.4 Å². The summed E-state index contributed by atoms with van der Waals surface area (Å²) < 4.78 is 4.90. The molecule has 1 N–H and O–H groups in total. The highest BCUT2D eigenvalue weighted by atomic mass is 32.1. The van der Waals surface area contributed by atoms with Crippen molar-refractivity contribution in [3.8, 4) is 0 Å². The molecule has 5 nitrogen and oxygen atoms in total. The van der Waals surface area contributed by atoms with Gasteiger partial charge in [-0.2, -0.15) is 0 Å². The van der Waals surface area contributed by atoms with Crippen molar-refractivity contribution in [3.63, 3.8) is 0 Å². The van der Waals surface area contributed by atoms with Crippen molar-refractivity contribution in [3.05, 3.63) is 52.0 Å². The van der Waals surface area contributed by atoms with Crippen LogP contribution in [-0.4, -0.2) is 23.5 Å². The van der Waals surface area contributed by atoms with E-state index in [9.17, 15) is 9.59 Å². The highest BCUT2D eigenvalue weighted by Gasteiger charge is 2.06. The fourth-order valence-electron chi connectivity index (χ4n) is 1.71. The second-order valence-corrected chi connectivity index (χ2v) is 5.47. The van der Waals surface area contributed by atoms with Crippen LogP contribution in [0.2, 0.25) is 0 Å². The van der Waals surface area contributed by atoms with Crippen molar-refractivity contribution in [1.29, 1.82) is 0 Å². The van der Waals surface area contributed by atoms with Crippen LogP contribution in [0.5, 0.6) is 0 Å². The Kier molecular flexibility index (Phi) is 5.43. The zero-order chi connectivity index (χ0) is 15.9. The Morgan fingerprint density at radius 3 is 2.64 bits per heavy atom. The van der Waals surface area contributed by atoms with Crippen LogP contribution in [0, 0.1) is 6.92 Å². The van der Waals surface area contributed by atoms with E-state index in [2.05, 4.69) is 10.3 Å². The summed E-state index contributed by atoms with van der Waals surface area (Å²) in [5, 5.41) is 5.55. The number of carbonyl (C=O) groups excluding carboxylic acids is 2. The predicted octanol–water partition coefficient (Wildman–Crippen LogP) is 3.28. The van der Waals surface area contributed by atoms with Crippen molar-refractivity contribution in [1.82, 2.24) is 4.98 Å². The number of ether oxygens (including phenoxy) is 1. The minimum Gasteiger partial charge on any atom is -0.462 e. The summed E-state index contributed by atoms with van der Waals surface area (Å²) in [4.78, 5) is 27.6. The maximum absolute atomic E-state index is 11.8. The second kappa shape index (κ2) is 7.51. The number of aromatic nitrogens is 1. The van der Waals surface area contributed by atoms with Crippen LogP contribution in [0.3, 0.4) is 0 Å². The summed E-state index contributed by atoms with van der Waals surface area (Å²) in [5.74, 6) is -0.631. The molecule has 0 saturated carbocycles. The second-order valence-electron chi connectivity index (χ2n) is 4.41. The summed E-state index contributed by atoms with van der Waals surface area (Å²) in [6, 6.07) is 6.54. The van der Waals surface area contributed by atoms with Crippen LogP contribution in [0.1, 0.15) is 28.0 Å². The number of carbonyl (C=O) groups is 2. The molecule has 1 aromatic heterocycles. The number of aryl methyl sites for hydroxylation is 1. The molecule has 2 aromatic rings. The van der Waals surface area contributed by atoms with E-state index in [4.69, 9.17) is 4.74 Å². The minimum atomic E-state index is -0.376. The topological polar surface area (TPSA) is 68.3 Å². The molecule has 0 aliphatic carbocycles. The molecule has 2 rings (SSSR count). The normalized spacial score (nSPS) is 10.6. The van der Waals surface area contributed by atoms with Gasteiger partial charge < -0.3 is 10.1 Å². The molecule has 1 amide bonds. The highest BCUT2D eigenvalue weighted by Crippen LogP contribution is 2.12. The Balaban J connectivity index is 1.94. The quantitative estimate of drug-likeness (QED) is 0.679. The molecule has 0 aliphatic rings. The summed E-state index contributed by atoms with van der Waals surface area (Å²) >= 11 is 1.53. The SMILES string of the molecule is CCOC(=O)c1ccc(NC(=O)/C=C/c2csc(C)n2)cc1. The standard InChI is InChI=1S/C16H16N2O3S/c1-3-21-16(20)12-4-6-13(7-5-12)18-15(19)9-8-14-10-22-11(2)17-14/h4-10H,3H2,1-2H3,(H,18,19)/b9-8+. The number of amides is 1.